The summed E-state index contributed by atoms with van der Waals surface area (Å²) in [6, 6.07) is 27.9. The Kier molecular flexibility index (Phi) is 12.1. The van der Waals surface area contributed by atoms with Crippen LogP contribution in [0.1, 0.15) is 24.5 Å². The highest BCUT2D eigenvalue weighted by Crippen LogP contribution is 2.36. The topological polar surface area (TPSA) is 105 Å². The number of hydrogen-bond acceptors (Lipinski definition) is 6. The van der Waals surface area contributed by atoms with Crippen molar-refractivity contribution in [3.05, 3.63) is 119 Å². The van der Waals surface area contributed by atoms with Gasteiger partial charge >= 0.3 is 0 Å². The zero-order valence-electron chi connectivity index (χ0n) is 26.1. The summed E-state index contributed by atoms with van der Waals surface area (Å²) in [5.74, 6) is -0.342. The van der Waals surface area contributed by atoms with Crippen molar-refractivity contribution in [3.8, 4) is 11.5 Å². The first-order chi connectivity index (χ1) is 22.2. The number of nitrogens with zero attached hydrogens (tertiary/aromatic N) is 2. The minimum atomic E-state index is -4.31. The van der Waals surface area contributed by atoms with E-state index < -0.39 is 28.5 Å². The van der Waals surface area contributed by atoms with Gasteiger partial charge in [-0.2, -0.15) is 0 Å². The van der Waals surface area contributed by atoms with Gasteiger partial charge in [-0.25, -0.2) is 8.42 Å². The predicted octanol–water partition coefficient (Wildman–Crippen LogP) is 5.72. The van der Waals surface area contributed by atoms with E-state index in [4.69, 9.17) is 21.1 Å². The third kappa shape index (κ3) is 8.58. The maximum atomic E-state index is 14.6. The highest BCUT2D eigenvalue weighted by Gasteiger charge is 2.35. The van der Waals surface area contributed by atoms with Gasteiger partial charge in [0.15, 0.2) is 0 Å². The lowest BCUT2D eigenvalue weighted by atomic mass is 10.0. The first-order valence-corrected chi connectivity index (χ1v) is 16.6. The summed E-state index contributed by atoms with van der Waals surface area (Å²) < 4.78 is 40.5. The largest absolute Gasteiger partial charge is 0.497 e. The molecule has 4 rings (SSSR count). The molecule has 46 heavy (non-hydrogen) atoms. The molecule has 0 saturated heterocycles. The molecular weight excluding hydrogens is 626 g/mol. The number of anilines is 1. The molecule has 2 amide bonds. The molecule has 242 valence electrons. The molecule has 0 bridgehead atoms. The average molecular weight is 664 g/mol. The molecule has 4 aromatic rings. The average Bonchev–Trinajstić information content (AvgIpc) is 3.08. The van der Waals surface area contributed by atoms with Crippen molar-refractivity contribution in [2.45, 2.75) is 37.2 Å². The fraction of sp³-hybridized carbons (Fsp3) is 0.257. The Morgan fingerprint density at radius 3 is 2.11 bits per heavy atom. The summed E-state index contributed by atoms with van der Waals surface area (Å²) in [5, 5.41) is 3.46. The molecule has 0 spiro atoms. The van der Waals surface area contributed by atoms with Gasteiger partial charge in [-0.05, 0) is 53.9 Å². The zero-order chi connectivity index (χ0) is 33.1. The van der Waals surface area contributed by atoms with Crippen LogP contribution < -0.4 is 19.1 Å². The van der Waals surface area contributed by atoms with Gasteiger partial charge in [0.2, 0.25) is 11.8 Å². The molecule has 0 aliphatic heterocycles. The van der Waals surface area contributed by atoms with Gasteiger partial charge in [0.05, 0.1) is 24.8 Å². The molecule has 0 aromatic heterocycles. The van der Waals surface area contributed by atoms with Gasteiger partial charge in [0.25, 0.3) is 10.0 Å². The Morgan fingerprint density at radius 2 is 1.50 bits per heavy atom. The highest BCUT2D eigenvalue weighted by molar-refractivity contribution is 7.92. The maximum absolute atomic E-state index is 14.6. The van der Waals surface area contributed by atoms with Crippen molar-refractivity contribution in [2.75, 3.05) is 31.6 Å². The molecular formula is C35H38ClN3O6S. The van der Waals surface area contributed by atoms with Crippen molar-refractivity contribution in [2.24, 2.45) is 0 Å². The van der Waals surface area contributed by atoms with Gasteiger partial charge < -0.3 is 19.7 Å². The van der Waals surface area contributed by atoms with E-state index in [9.17, 15) is 18.0 Å². The number of benzene rings is 4. The van der Waals surface area contributed by atoms with Crippen LogP contribution in [0.3, 0.4) is 0 Å². The molecule has 0 aliphatic carbocycles. The monoisotopic (exact) mass is 663 g/mol. The van der Waals surface area contributed by atoms with E-state index in [1.165, 1.54) is 37.3 Å². The summed E-state index contributed by atoms with van der Waals surface area (Å²) in [7, 11) is -1.43. The Bertz CT molecular complexity index is 1700. The normalized spacial score (nSPS) is 11.7. The van der Waals surface area contributed by atoms with Crippen LogP contribution in [0.15, 0.2) is 108 Å². The van der Waals surface area contributed by atoms with E-state index >= 15 is 0 Å². The number of sulfonamides is 1. The Hall–Kier alpha value is -4.54. The van der Waals surface area contributed by atoms with E-state index in [-0.39, 0.29) is 35.2 Å². The second kappa shape index (κ2) is 16.1. The number of rotatable bonds is 15. The number of hydrogen-bond donors (Lipinski definition) is 1. The number of halogens is 1. The first kappa shape index (κ1) is 34.3. The lowest BCUT2D eigenvalue weighted by Crippen LogP contribution is -2.53. The predicted molar refractivity (Wildman–Crippen MR) is 180 cm³/mol. The van der Waals surface area contributed by atoms with Crippen LogP contribution in [0.5, 0.6) is 11.5 Å². The van der Waals surface area contributed by atoms with Gasteiger partial charge in [0, 0.05) is 30.6 Å². The van der Waals surface area contributed by atoms with Crippen LogP contribution >= 0.6 is 11.6 Å². The Morgan fingerprint density at radius 1 is 0.848 bits per heavy atom. The minimum absolute atomic E-state index is 0.0153. The fourth-order valence-electron chi connectivity index (χ4n) is 4.93. The number of amides is 2. The lowest BCUT2D eigenvalue weighted by molar-refractivity contribution is -0.140. The van der Waals surface area contributed by atoms with Crippen LogP contribution in [-0.2, 0) is 32.6 Å². The summed E-state index contributed by atoms with van der Waals surface area (Å²) >= 11 is 6.15. The summed E-state index contributed by atoms with van der Waals surface area (Å²) in [6.07, 6.45) is 0.914. The van der Waals surface area contributed by atoms with Crippen LogP contribution in [0.25, 0.3) is 0 Å². The lowest BCUT2D eigenvalue weighted by Gasteiger charge is -2.34. The van der Waals surface area contributed by atoms with Crippen LogP contribution in [0.4, 0.5) is 5.69 Å². The number of ether oxygens (including phenoxy) is 2. The van der Waals surface area contributed by atoms with Crippen LogP contribution in [0.2, 0.25) is 5.02 Å². The van der Waals surface area contributed by atoms with Crippen molar-refractivity contribution in [3.63, 3.8) is 0 Å². The Labute approximate surface area is 275 Å². The van der Waals surface area contributed by atoms with Gasteiger partial charge in [-0.15, -0.1) is 0 Å². The molecule has 11 heteroatoms. The Balaban J connectivity index is 1.84. The molecule has 0 fully saturated rings. The molecule has 1 atom stereocenters. The smallest absolute Gasteiger partial charge is 0.264 e. The molecule has 9 nitrogen and oxygen atoms in total. The molecule has 0 saturated carbocycles. The molecule has 0 heterocycles. The maximum Gasteiger partial charge on any atom is 0.264 e. The van der Waals surface area contributed by atoms with Crippen molar-refractivity contribution in [1.82, 2.24) is 10.2 Å². The van der Waals surface area contributed by atoms with E-state index in [1.54, 1.807) is 54.6 Å². The SMILES string of the molecule is CCCNC(=O)C(Cc1ccccc1)N(Cc1ccc(Cl)cc1)C(=O)CN(c1cc(OC)ccc1OC)S(=O)(=O)c1ccccc1. The summed E-state index contributed by atoms with van der Waals surface area (Å²) in [6.45, 7) is 1.77. The summed E-state index contributed by atoms with van der Waals surface area (Å²) in [5.41, 5.74) is 1.67. The zero-order valence-corrected chi connectivity index (χ0v) is 27.6. The number of nitrogens with one attached hydrogen (secondary N) is 1. The molecule has 0 aliphatic rings. The minimum Gasteiger partial charge on any atom is -0.497 e. The second-order valence-electron chi connectivity index (χ2n) is 10.5. The first-order valence-electron chi connectivity index (χ1n) is 14.8. The standard InChI is InChI=1S/C35H38ClN3O6S/c1-4-21-37-35(41)32(22-26-11-7-5-8-12-26)38(24-27-15-17-28(36)18-16-27)34(40)25-39(46(42,43)30-13-9-6-10-14-30)31-23-29(44-2)19-20-33(31)45-3/h5-20,23,32H,4,21-22,24-25H2,1-3H3,(H,37,41). The third-order valence-corrected chi connectivity index (χ3v) is 9.38. The fourth-order valence-corrected chi connectivity index (χ4v) is 6.49. The third-order valence-electron chi connectivity index (χ3n) is 7.35. The van der Waals surface area contributed by atoms with Crippen LogP contribution in [0, 0.1) is 0 Å². The van der Waals surface area contributed by atoms with Crippen molar-refractivity contribution >= 4 is 39.1 Å². The van der Waals surface area contributed by atoms with E-state index in [2.05, 4.69) is 5.32 Å². The van der Waals surface area contributed by atoms with Crippen molar-refractivity contribution in [1.29, 1.82) is 0 Å². The van der Waals surface area contributed by atoms with Gasteiger partial charge in [-0.1, -0.05) is 79.2 Å². The molecule has 4 aromatic carbocycles. The quantitative estimate of drug-likeness (QED) is 0.175. The number of carbonyl (C=O) groups is 2. The highest BCUT2D eigenvalue weighted by atomic mass is 35.5. The summed E-state index contributed by atoms with van der Waals surface area (Å²) in [4.78, 5) is 29.8. The number of carbonyl (C=O) groups excluding carboxylic acids is 2. The van der Waals surface area contributed by atoms with E-state index in [0.717, 1.165) is 15.4 Å². The molecule has 1 N–H and O–H groups in total. The van der Waals surface area contributed by atoms with E-state index in [0.29, 0.717) is 23.7 Å². The van der Waals surface area contributed by atoms with E-state index in [1.807, 2.05) is 37.3 Å². The molecule has 1 unspecified atom stereocenters. The van der Waals surface area contributed by atoms with Gasteiger partial charge in [0.1, 0.15) is 24.1 Å². The van der Waals surface area contributed by atoms with Gasteiger partial charge in [-0.3, -0.25) is 13.9 Å². The molecule has 0 radical (unpaired) electrons. The second-order valence-corrected chi connectivity index (χ2v) is 12.8. The number of methoxy groups -OCH3 is 2. The van der Waals surface area contributed by atoms with Crippen LogP contribution in [-0.4, -0.2) is 58.5 Å². The van der Waals surface area contributed by atoms with Crippen molar-refractivity contribution < 1.29 is 27.5 Å².